The Morgan fingerprint density at radius 2 is 1.95 bits per heavy atom. The summed E-state index contributed by atoms with van der Waals surface area (Å²) in [7, 11) is 0. The smallest absolute Gasteiger partial charge is 0.258 e. The number of amides is 1. The molecule has 1 atom stereocenters. The first-order chi connectivity index (χ1) is 9.07. The van der Waals surface area contributed by atoms with Gasteiger partial charge >= 0.3 is 0 Å². The van der Waals surface area contributed by atoms with Crippen LogP contribution in [0, 0.1) is 18.2 Å². The summed E-state index contributed by atoms with van der Waals surface area (Å²) in [6, 6.07) is 2.78. The molecule has 2 rings (SSSR count). The zero-order chi connectivity index (χ0) is 15.3. The number of rotatable bonds is 1. The molecule has 0 spiro atoms. The van der Waals surface area contributed by atoms with Crippen molar-refractivity contribution in [3.8, 4) is 0 Å². The molecule has 20 heavy (non-hydrogen) atoms. The van der Waals surface area contributed by atoms with E-state index in [1.165, 1.54) is 11.0 Å². The van der Waals surface area contributed by atoms with Crippen LogP contribution in [0.1, 0.15) is 36.7 Å². The molecule has 1 aromatic carbocycles. The van der Waals surface area contributed by atoms with Crippen molar-refractivity contribution >= 4 is 17.5 Å². The van der Waals surface area contributed by atoms with Gasteiger partial charge in [0.25, 0.3) is 5.91 Å². The number of β-amino-alcohol motifs (C(OH)–C–C–N with tert-alkyl or cyclic N) is 1. The van der Waals surface area contributed by atoms with Crippen molar-refractivity contribution in [1.82, 2.24) is 4.90 Å². The zero-order valence-corrected chi connectivity index (χ0v) is 12.9. The van der Waals surface area contributed by atoms with Gasteiger partial charge in [0.2, 0.25) is 0 Å². The molecule has 1 aliphatic heterocycles. The topological polar surface area (TPSA) is 40.5 Å². The molecule has 1 N–H and O–H groups in total. The van der Waals surface area contributed by atoms with E-state index in [1.807, 2.05) is 13.8 Å². The highest BCUT2D eigenvalue weighted by Gasteiger charge is 2.49. The number of nitrogens with zero attached hydrogens (tertiary/aromatic N) is 1. The van der Waals surface area contributed by atoms with Crippen LogP contribution in [0.3, 0.4) is 0 Å². The van der Waals surface area contributed by atoms with Crippen LogP contribution in [-0.4, -0.2) is 34.6 Å². The van der Waals surface area contributed by atoms with Gasteiger partial charge in [0, 0.05) is 12.0 Å². The molecule has 1 amide bonds. The summed E-state index contributed by atoms with van der Waals surface area (Å²) < 4.78 is 13.9. The van der Waals surface area contributed by atoms with Crippen LogP contribution in [0.2, 0.25) is 5.02 Å². The van der Waals surface area contributed by atoms with Gasteiger partial charge in [-0.25, -0.2) is 4.39 Å². The van der Waals surface area contributed by atoms with Crippen LogP contribution < -0.4 is 0 Å². The molecule has 0 saturated carbocycles. The average Bonchev–Trinajstić information content (AvgIpc) is 2.54. The first-order valence-electron chi connectivity index (χ1n) is 6.53. The Kier molecular flexibility index (Phi) is 3.59. The summed E-state index contributed by atoms with van der Waals surface area (Å²) in [5.74, 6) is -1.10. The van der Waals surface area contributed by atoms with Gasteiger partial charge in [-0.1, -0.05) is 31.5 Å². The Hall–Kier alpha value is -1.13. The summed E-state index contributed by atoms with van der Waals surface area (Å²) in [6.45, 7) is 7.71. The second-order valence-electron chi connectivity index (χ2n) is 6.37. The van der Waals surface area contributed by atoms with Crippen molar-refractivity contribution < 1.29 is 14.3 Å². The lowest BCUT2D eigenvalue weighted by Gasteiger charge is -2.30. The van der Waals surface area contributed by atoms with Gasteiger partial charge in [0.1, 0.15) is 5.82 Å². The van der Waals surface area contributed by atoms with Crippen LogP contribution in [0.5, 0.6) is 0 Å². The first kappa shape index (κ1) is 15.3. The third-order valence-corrected chi connectivity index (χ3v) is 4.82. The molecule has 0 aromatic heterocycles. The molecular formula is C15H19ClFNO2. The fourth-order valence-corrected chi connectivity index (χ4v) is 2.68. The number of hydrogen-bond acceptors (Lipinski definition) is 2. The molecule has 3 nitrogen and oxygen atoms in total. The molecule has 0 aliphatic carbocycles. The van der Waals surface area contributed by atoms with E-state index < -0.39 is 22.7 Å². The van der Waals surface area contributed by atoms with E-state index in [0.29, 0.717) is 12.1 Å². The number of hydrogen-bond donors (Lipinski definition) is 1. The quantitative estimate of drug-likeness (QED) is 0.866. The number of aryl methyl sites for hydroxylation is 1. The van der Waals surface area contributed by atoms with Gasteiger partial charge < -0.3 is 10.0 Å². The van der Waals surface area contributed by atoms with Gasteiger partial charge in [-0.3, -0.25) is 4.79 Å². The largest absolute Gasteiger partial charge is 0.388 e. The molecule has 110 valence electrons. The summed E-state index contributed by atoms with van der Waals surface area (Å²) in [6.07, 6.45) is 0. The highest BCUT2D eigenvalue weighted by molar-refractivity contribution is 6.34. The van der Waals surface area contributed by atoms with Crippen LogP contribution in [0.4, 0.5) is 4.39 Å². The number of aliphatic hydroxyl groups is 1. The van der Waals surface area contributed by atoms with E-state index in [2.05, 4.69) is 0 Å². The maximum absolute atomic E-state index is 13.9. The number of halogens is 2. The predicted molar refractivity (Wildman–Crippen MR) is 76.5 cm³/mol. The zero-order valence-electron chi connectivity index (χ0n) is 12.1. The summed E-state index contributed by atoms with van der Waals surface area (Å²) in [5.41, 5.74) is -0.910. The fraction of sp³-hybridized carbons (Fsp3) is 0.533. The maximum Gasteiger partial charge on any atom is 0.258 e. The van der Waals surface area contributed by atoms with E-state index in [0.717, 1.165) is 0 Å². The molecule has 1 heterocycles. The second kappa shape index (κ2) is 4.71. The van der Waals surface area contributed by atoms with E-state index in [4.69, 9.17) is 11.6 Å². The van der Waals surface area contributed by atoms with Gasteiger partial charge in [-0.05, 0) is 25.5 Å². The molecule has 0 radical (unpaired) electrons. The lowest BCUT2D eigenvalue weighted by molar-refractivity contribution is -0.0108. The SMILES string of the molecule is Cc1ccc(F)c(C(=O)N2CC(C)(C)[C@](C)(O)C2)c1Cl. The third-order valence-electron chi connectivity index (χ3n) is 4.33. The van der Waals surface area contributed by atoms with Gasteiger partial charge in [-0.2, -0.15) is 0 Å². The van der Waals surface area contributed by atoms with Crippen LogP contribution in [0.15, 0.2) is 12.1 Å². The Morgan fingerprint density at radius 3 is 2.45 bits per heavy atom. The summed E-state index contributed by atoms with van der Waals surface area (Å²) in [4.78, 5) is 14.0. The Balaban J connectivity index is 2.38. The minimum absolute atomic E-state index is 0.111. The van der Waals surface area contributed by atoms with Crippen LogP contribution in [0.25, 0.3) is 0 Å². The first-order valence-corrected chi connectivity index (χ1v) is 6.91. The molecule has 0 bridgehead atoms. The standard InChI is InChI=1S/C15H19ClFNO2/c1-9-5-6-10(17)11(12(9)16)13(19)18-7-14(2,3)15(4,20)8-18/h5-6,20H,7-8H2,1-4H3/t15-/m1/s1. The molecule has 1 fully saturated rings. The normalized spacial score (nSPS) is 25.1. The molecule has 5 heteroatoms. The Labute approximate surface area is 123 Å². The monoisotopic (exact) mass is 299 g/mol. The molecule has 0 unspecified atom stereocenters. The number of carbonyl (C=O) groups is 1. The predicted octanol–water partition coefficient (Wildman–Crippen LogP) is 3.02. The van der Waals surface area contributed by atoms with E-state index in [-0.39, 0.29) is 17.1 Å². The Morgan fingerprint density at radius 1 is 1.35 bits per heavy atom. The van der Waals surface area contributed by atoms with Crippen molar-refractivity contribution in [2.45, 2.75) is 33.3 Å². The highest BCUT2D eigenvalue weighted by atomic mass is 35.5. The number of benzene rings is 1. The van der Waals surface area contributed by atoms with Gasteiger partial charge in [0.15, 0.2) is 0 Å². The summed E-state index contributed by atoms with van der Waals surface area (Å²) in [5, 5.41) is 10.5. The lowest BCUT2D eigenvalue weighted by Crippen LogP contribution is -2.40. The number of carbonyl (C=O) groups excluding carboxylic acids is 1. The molecule has 1 saturated heterocycles. The van der Waals surface area contributed by atoms with Crippen molar-refractivity contribution in [3.05, 3.63) is 34.1 Å². The third kappa shape index (κ3) is 2.31. The van der Waals surface area contributed by atoms with Crippen LogP contribution in [-0.2, 0) is 0 Å². The number of likely N-dealkylation sites (tertiary alicyclic amines) is 1. The Bertz CT molecular complexity index is 553. The summed E-state index contributed by atoms with van der Waals surface area (Å²) >= 11 is 6.06. The van der Waals surface area contributed by atoms with Crippen molar-refractivity contribution in [1.29, 1.82) is 0 Å². The molecule has 1 aromatic rings. The van der Waals surface area contributed by atoms with Crippen molar-refractivity contribution in [3.63, 3.8) is 0 Å². The van der Waals surface area contributed by atoms with Crippen molar-refractivity contribution in [2.24, 2.45) is 5.41 Å². The fourth-order valence-electron chi connectivity index (χ4n) is 2.44. The lowest BCUT2D eigenvalue weighted by atomic mass is 9.79. The van der Waals surface area contributed by atoms with Crippen LogP contribution >= 0.6 is 11.6 Å². The van der Waals surface area contributed by atoms with Crippen molar-refractivity contribution in [2.75, 3.05) is 13.1 Å². The van der Waals surface area contributed by atoms with E-state index in [9.17, 15) is 14.3 Å². The highest BCUT2D eigenvalue weighted by Crippen LogP contribution is 2.39. The van der Waals surface area contributed by atoms with E-state index >= 15 is 0 Å². The molecular weight excluding hydrogens is 281 g/mol. The van der Waals surface area contributed by atoms with E-state index in [1.54, 1.807) is 19.9 Å². The minimum atomic E-state index is -1.00. The van der Waals surface area contributed by atoms with Gasteiger partial charge in [0.05, 0.1) is 22.7 Å². The second-order valence-corrected chi connectivity index (χ2v) is 6.75. The minimum Gasteiger partial charge on any atom is -0.388 e. The van der Waals surface area contributed by atoms with Gasteiger partial charge in [-0.15, -0.1) is 0 Å². The maximum atomic E-state index is 13.9. The average molecular weight is 300 g/mol. The molecule has 1 aliphatic rings.